The maximum Gasteiger partial charge on any atom is 0.266 e. The lowest BCUT2D eigenvalue weighted by atomic mass is 10.1. The van der Waals surface area contributed by atoms with Crippen LogP contribution in [0.15, 0.2) is 88.8 Å². The van der Waals surface area contributed by atoms with Crippen molar-refractivity contribution in [3.05, 3.63) is 99.8 Å². The summed E-state index contributed by atoms with van der Waals surface area (Å²) < 4.78 is 1.49. The Morgan fingerprint density at radius 3 is 2.44 bits per heavy atom. The molecule has 3 aromatic carbocycles. The first-order valence-electron chi connectivity index (χ1n) is 10.2. The minimum Gasteiger partial charge on any atom is -0.338 e. The van der Waals surface area contributed by atoms with E-state index in [9.17, 15) is 9.59 Å². The highest BCUT2D eigenvalue weighted by molar-refractivity contribution is 7.99. The predicted octanol–water partition coefficient (Wildman–Crippen LogP) is 5.35. The molecule has 0 saturated heterocycles. The Bertz CT molecular complexity index is 1320. The smallest absolute Gasteiger partial charge is 0.266 e. The monoisotopic (exact) mass is 463 g/mol. The van der Waals surface area contributed by atoms with Crippen LogP contribution in [0.25, 0.3) is 16.6 Å². The van der Waals surface area contributed by atoms with Gasteiger partial charge in [0.25, 0.3) is 5.56 Å². The summed E-state index contributed by atoms with van der Waals surface area (Å²) in [6.07, 6.45) is 0. The van der Waals surface area contributed by atoms with Crippen LogP contribution in [0.3, 0.4) is 0 Å². The molecule has 5 nitrogen and oxygen atoms in total. The van der Waals surface area contributed by atoms with Crippen molar-refractivity contribution < 1.29 is 4.79 Å². The van der Waals surface area contributed by atoms with Crippen molar-refractivity contribution in [2.24, 2.45) is 0 Å². The van der Waals surface area contributed by atoms with Crippen molar-refractivity contribution in [1.82, 2.24) is 14.5 Å². The number of benzene rings is 3. The van der Waals surface area contributed by atoms with Crippen molar-refractivity contribution in [2.45, 2.75) is 18.1 Å². The summed E-state index contributed by atoms with van der Waals surface area (Å²) in [5, 5.41) is 1.36. The zero-order chi connectivity index (χ0) is 22.7. The number of halogens is 1. The topological polar surface area (TPSA) is 55.2 Å². The van der Waals surface area contributed by atoms with E-state index in [0.717, 1.165) is 5.56 Å². The Morgan fingerprint density at radius 2 is 1.69 bits per heavy atom. The minimum absolute atomic E-state index is 0.0560. The largest absolute Gasteiger partial charge is 0.338 e. The second-order valence-electron chi connectivity index (χ2n) is 7.38. The highest BCUT2D eigenvalue weighted by Crippen LogP contribution is 2.27. The van der Waals surface area contributed by atoms with Gasteiger partial charge in [-0.1, -0.05) is 78.0 Å². The van der Waals surface area contributed by atoms with Gasteiger partial charge < -0.3 is 4.90 Å². The van der Waals surface area contributed by atoms with Gasteiger partial charge in [0.1, 0.15) is 0 Å². The molecular weight excluding hydrogens is 442 g/mol. The fourth-order valence-electron chi connectivity index (χ4n) is 3.45. The van der Waals surface area contributed by atoms with Gasteiger partial charge in [-0.15, -0.1) is 0 Å². The predicted molar refractivity (Wildman–Crippen MR) is 131 cm³/mol. The third-order valence-corrected chi connectivity index (χ3v) is 6.66. The quantitative estimate of drug-likeness (QED) is 0.285. The molecule has 0 bridgehead atoms. The number of carbonyl (C=O) groups is 1. The maximum absolute atomic E-state index is 13.3. The molecule has 0 spiro atoms. The summed E-state index contributed by atoms with van der Waals surface area (Å²) in [6.45, 7) is 1.99. The van der Waals surface area contributed by atoms with E-state index in [-0.39, 0.29) is 23.3 Å². The van der Waals surface area contributed by atoms with Crippen LogP contribution in [0.2, 0.25) is 5.02 Å². The van der Waals surface area contributed by atoms with E-state index in [1.807, 2.05) is 55.5 Å². The van der Waals surface area contributed by atoms with Gasteiger partial charge in [-0.3, -0.25) is 14.2 Å². The number of hydrogen-bond donors (Lipinski definition) is 0. The zero-order valence-electron chi connectivity index (χ0n) is 17.7. The molecule has 0 aliphatic rings. The second-order valence-corrected chi connectivity index (χ2v) is 8.73. The van der Waals surface area contributed by atoms with E-state index in [4.69, 9.17) is 11.6 Å². The van der Waals surface area contributed by atoms with Crippen LogP contribution in [0.4, 0.5) is 0 Å². The Kier molecular flexibility index (Phi) is 6.63. The van der Waals surface area contributed by atoms with Gasteiger partial charge >= 0.3 is 0 Å². The number of para-hydroxylation sites is 2. The lowest BCUT2D eigenvalue weighted by Gasteiger charge is -2.25. The second kappa shape index (κ2) is 9.59. The number of carbonyl (C=O) groups excluding carboxylic acids is 1. The number of hydrogen-bond acceptors (Lipinski definition) is 4. The van der Waals surface area contributed by atoms with Gasteiger partial charge in [0, 0.05) is 7.05 Å². The molecule has 0 saturated carbocycles. The first-order chi connectivity index (χ1) is 15.5. The third-order valence-electron chi connectivity index (χ3n) is 5.42. The van der Waals surface area contributed by atoms with Crippen molar-refractivity contribution in [3.63, 3.8) is 0 Å². The summed E-state index contributed by atoms with van der Waals surface area (Å²) in [4.78, 5) is 32.7. The Morgan fingerprint density at radius 1 is 1.03 bits per heavy atom. The molecule has 0 radical (unpaired) electrons. The molecule has 162 valence electrons. The van der Waals surface area contributed by atoms with E-state index in [1.165, 1.54) is 16.3 Å². The number of nitrogens with zero attached hydrogens (tertiary/aromatic N) is 3. The number of rotatable bonds is 6. The van der Waals surface area contributed by atoms with Crippen LogP contribution in [0, 0.1) is 0 Å². The third kappa shape index (κ3) is 4.42. The van der Waals surface area contributed by atoms with Gasteiger partial charge in [0.05, 0.1) is 33.4 Å². The molecule has 0 aliphatic carbocycles. The van der Waals surface area contributed by atoms with Crippen molar-refractivity contribution >= 4 is 40.2 Å². The van der Waals surface area contributed by atoms with E-state index in [1.54, 1.807) is 42.3 Å². The molecular formula is C25H22ClN3O2S. The zero-order valence-corrected chi connectivity index (χ0v) is 19.3. The first-order valence-corrected chi connectivity index (χ1v) is 11.5. The molecule has 1 heterocycles. The first kappa shape index (κ1) is 22.1. The van der Waals surface area contributed by atoms with Crippen LogP contribution in [-0.2, 0) is 4.79 Å². The summed E-state index contributed by atoms with van der Waals surface area (Å²) in [7, 11) is 1.79. The fourth-order valence-corrected chi connectivity index (χ4v) is 4.60. The molecule has 1 atom stereocenters. The summed E-state index contributed by atoms with van der Waals surface area (Å²) in [6, 6.07) is 24.1. The maximum atomic E-state index is 13.3. The van der Waals surface area contributed by atoms with Crippen molar-refractivity contribution in [1.29, 1.82) is 0 Å². The van der Waals surface area contributed by atoms with Crippen LogP contribution in [0.1, 0.15) is 18.5 Å². The standard InChI is InChI=1S/C25H22ClN3O2S/c1-17(18-10-4-3-5-11-18)28(2)23(30)16-32-25-27-21-14-8-6-12-19(21)24(31)29(25)22-15-9-7-13-20(22)26/h3-15,17H,16H2,1-2H3. The van der Waals surface area contributed by atoms with E-state index < -0.39 is 0 Å². The number of amides is 1. The number of fused-ring (bicyclic) bond motifs is 1. The molecule has 0 fully saturated rings. The van der Waals surface area contributed by atoms with E-state index in [2.05, 4.69) is 4.98 Å². The van der Waals surface area contributed by atoms with E-state index in [0.29, 0.717) is 26.8 Å². The lowest BCUT2D eigenvalue weighted by molar-refractivity contribution is -0.128. The van der Waals surface area contributed by atoms with E-state index >= 15 is 0 Å². The van der Waals surface area contributed by atoms with Gasteiger partial charge in [-0.05, 0) is 36.8 Å². The Hall–Kier alpha value is -3.09. The molecule has 0 aliphatic heterocycles. The highest BCUT2D eigenvalue weighted by Gasteiger charge is 2.20. The van der Waals surface area contributed by atoms with Crippen LogP contribution in [-0.4, -0.2) is 33.2 Å². The number of aromatic nitrogens is 2. The molecule has 7 heteroatoms. The highest BCUT2D eigenvalue weighted by atomic mass is 35.5. The average molecular weight is 464 g/mol. The normalized spacial score (nSPS) is 12.0. The number of thioether (sulfide) groups is 1. The van der Waals surface area contributed by atoms with Gasteiger partial charge in [-0.25, -0.2) is 4.98 Å². The molecule has 1 amide bonds. The summed E-state index contributed by atoms with van der Waals surface area (Å²) in [5.41, 5.74) is 1.97. The fraction of sp³-hybridized carbons (Fsp3) is 0.160. The molecule has 0 N–H and O–H groups in total. The SMILES string of the molecule is CC(c1ccccc1)N(C)C(=O)CSc1nc2ccccc2c(=O)n1-c1ccccc1Cl. The Labute approximate surface area is 195 Å². The molecule has 32 heavy (non-hydrogen) atoms. The summed E-state index contributed by atoms with van der Waals surface area (Å²) >= 11 is 7.64. The van der Waals surface area contributed by atoms with Crippen LogP contribution < -0.4 is 5.56 Å². The van der Waals surface area contributed by atoms with Gasteiger partial charge in [0.15, 0.2) is 5.16 Å². The van der Waals surface area contributed by atoms with Crippen molar-refractivity contribution in [2.75, 3.05) is 12.8 Å². The van der Waals surface area contributed by atoms with Gasteiger partial charge in [0.2, 0.25) is 5.91 Å². The van der Waals surface area contributed by atoms with Gasteiger partial charge in [-0.2, -0.15) is 0 Å². The lowest BCUT2D eigenvalue weighted by Crippen LogP contribution is -2.31. The average Bonchev–Trinajstić information content (AvgIpc) is 2.83. The van der Waals surface area contributed by atoms with Crippen LogP contribution >= 0.6 is 23.4 Å². The Balaban J connectivity index is 1.67. The molecule has 4 aromatic rings. The molecule has 4 rings (SSSR count). The summed E-state index contributed by atoms with van der Waals surface area (Å²) in [5.74, 6) is 0.0857. The molecule has 1 unspecified atom stereocenters. The molecule has 1 aromatic heterocycles. The van der Waals surface area contributed by atoms with Crippen LogP contribution in [0.5, 0.6) is 0 Å². The van der Waals surface area contributed by atoms with Crippen molar-refractivity contribution in [3.8, 4) is 5.69 Å². The minimum atomic E-state index is -0.218.